The van der Waals surface area contributed by atoms with Crippen LogP contribution in [0.2, 0.25) is 0 Å². The van der Waals surface area contributed by atoms with Crippen LogP contribution in [0.4, 0.5) is 0 Å². The van der Waals surface area contributed by atoms with Gasteiger partial charge < -0.3 is 0 Å². The molecular formula is C17H25N. The van der Waals surface area contributed by atoms with Gasteiger partial charge in [-0.05, 0) is 43.3 Å². The molecule has 98 valence electrons. The topological polar surface area (TPSA) is 12.4 Å². The first-order chi connectivity index (χ1) is 8.65. The lowest BCUT2D eigenvalue weighted by molar-refractivity contribution is 0.597. The molecule has 0 atom stereocenters. The fourth-order valence-corrected chi connectivity index (χ4v) is 1.92. The van der Waals surface area contributed by atoms with Crippen LogP contribution in [0.5, 0.6) is 0 Å². The Morgan fingerprint density at radius 2 is 2.28 bits per heavy atom. The molecule has 0 bridgehead atoms. The maximum Gasteiger partial charge on any atom is 0.0672 e. The van der Waals surface area contributed by atoms with Crippen LogP contribution in [0.15, 0.2) is 53.1 Å². The zero-order valence-corrected chi connectivity index (χ0v) is 11.9. The summed E-state index contributed by atoms with van der Waals surface area (Å²) in [6.45, 7) is 11.5. The average Bonchev–Trinajstić information content (AvgIpc) is 2.35. The van der Waals surface area contributed by atoms with Gasteiger partial charge in [-0.2, -0.15) is 0 Å². The molecule has 1 nitrogen and oxygen atoms in total. The molecule has 18 heavy (non-hydrogen) atoms. The van der Waals surface area contributed by atoms with E-state index in [-0.39, 0.29) is 0 Å². The molecule has 1 aliphatic carbocycles. The predicted molar refractivity (Wildman–Crippen MR) is 82.2 cm³/mol. The second-order valence-electron chi connectivity index (χ2n) is 5.10. The Labute approximate surface area is 112 Å². The molecule has 0 heterocycles. The summed E-state index contributed by atoms with van der Waals surface area (Å²) in [7, 11) is 0. The maximum atomic E-state index is 4.77. The highest BCUT2D eigenvalue weighted by Gasteiger charge is 2.10. The van der Waals surface area contributed by atoms with E-state index in [1.165, 1.54) is 5.57 Å². The molecule has 0 aromatic heterocycles. The first-order valence-corrected chi connectivity index (χ1v) is 6.87. The lowest BCUT2D eigenvalue weighted by Gasteiger charge is -2.13. The van der Waals surface area contributed by atoms with E-state index in [0.717, 1.165) is 37.1 Å². The highest BCUT2D eigenvalue weighted by molar-refractivity contribution is 6.14. The van der Waals surface area contributed by atoms with Crippen molar-refractivity contribution in [3.05, 3.63) is 48.1 Å². The van der Waals surface area contributed by atoms with Gasteiger partial charge >= 0.3 is 0 Å². The monoisotopic (exact) mass is 243 g/mol. The van der Waals surface area contributed by atoms with Crippen molar-refractivity contribution in [2.75, 3.05) is 6.54 Å². The quantitative estimate of drug-likeness (QED) is 0.465. The SMILES string of the molecule is C=C(C=CC)C(=NCCC(C)C)C1=CC=CCC1. The van der Waals surface area contributed by atoms with Gasteiger partial charge in [-0.15, -0.1) is 0 Å². The van der Waals surface area contributed by atoms with Gasteiger partial charge in [0.2, 0.25) is 0 Å². The van der Waals surface area contributed by atoms with Crippen molar-refractivity contribution in [3.8, 4) is 0 Å². The molecule has 0 N–H and O–H groups in total. The van der Waals surface area contributed by atoms with Crippen LogP contribution in [0.25, 0.3) is 0 Å². The van der Waals surface area contributed by atoms with Crippen molar-refractivity contribution in [1.29, 1.82) is 0 Å². The van der Waals surface area contributed by atoms with Crippen LogP contribution in [0.1, 0.15) is 40.0 Å². The minimum Gasteiger partial charge on any atom is -0.284 e. The third-order valence-corrected chi connectivity index (χ3v) is 2.97. The number of allylic oxidation sites excluding steroid dienone is 7. The normalized spacial score (nSPS) is 16.4. The van der Waals surface area contributed by atoms with Crippen molar-refractivity contribution in [1.82, 2.24) is 0 Å². The third kappa shape index (κ3) is 4.87. The van der Waals surface area contributed by atoms with Crippen molar-refractivity contribution in [2.45, 2.75) is 40.0 Å². The zero-order valence-electron chi connectivity index (χ0n) is 11.9. The molecule has 0 saturated carbocycles. The van der Waals surface area contributed by atoms with Crippen LogP contribution in [-0.2, 0) is 0 Å². The van der Waals surface area contributed by atoms with Crippen LogP contribution in [0.3, 0.4) is 0 Å². The molecule has 0 saturated heterocycles. The molecule has 0 unspecified atom stereocenters. The fourth-order valence-electron chi connectivity index (χ4n) is 1.92. The minimum atomic E-state index is 0.699. The van der Waals surface area contributed by atoms with Gasteiger partial charge in [-0.3, -0.25) is 4.99 Å². The van der Waals surface area contributed by atoms with Gasteiger partial charge in [0, 0.05) is 6.54 Å². The van der Waals surface area contributed by atoms with Crippen molar-refractivity contribution < 1.29 is 0 Å². The van der Waals surface area contributed by atoms with Gasteiger partial charge in [-0.1, -0.05) is 50.8 Å². The highest BCUT2D eigenvalue weighted by atomic mass is 14.7. The van der Waals surface area contributed by atoms with E-state index in [1.54, 1.807) is 0 Å². The smallest absolute Gasteiger partial charge is 0.0672 e. The van der Waals surface area contributed by atoms with Crippen molar-refractivity contribution in [3.63, 3.8) is 0 Å². The fraction of sp³-hybridized carbons (Fsp3) is 0.471. The van der Waals surface area contributed by atoms with E-state index in [0.29, 0.717) is 5.92 Å². The minimum absolute atomic E-state index is 0.699. The molecule has 0 fully saturated rings. The Hall–Kier alpha value is -1.37. The van der Waals surface area contributed by atoms with Crippen LogP contribution in [-0.4, -0.2) is 12.3 Å². The molecule has 1 heteroatoms. The number of hydrogen-bond acceptors (Lipinski definition) is 1. The van der Waals surface area contributed by atoms with Crippen LogP contribution >= 0.6 is 0 Å². The molecule has 0 amide bonds. The van der Waals surface area contributed by atoms with Gasteiger partial charge in [0.1, 0.15) is 0 Å². The number of nitrogens with zero attached hydrogens (tertiary/aromatic N) is 1. The summed E-state index contributed by atoms with van der Waals surface area (Å²) >= 11 is 0. The second-order valence-corrected chi connectivity index (χ2v) is 5.10. The van der Waals surface area contributed by atoms with Gasteiger partial charge in [0.05, 0.1) is 5.71 Å². The predicted octanol–water partition coefficient (Wildman–Crippen LogP) is 4.88. The average molecular weight is 243 g/mol. The number of aliphatic imine (C=N–C) groups is 1. The first kappa shape index (κ1) is 14.7. The van der Waals surface area contributed by atoms with Gasteiger partial charge in [-0.25, -0.2) is 0 Å². The molecule has 0 spiro atoms. The summed E-state index contributed by atoms with van der Waals surface area (Å²) < 4.78 is 0. The molecule has 0 aromatic carbocycles. The summed E-state index contributed by atoms with van der Waals surface area (Å²) in [5.74, 6) is 0.699. The zero-order chi connectivity index (χ0) is 13.4. The summed E-state index contributed by atoms with van der Waals surface area (Å²) in [6, 6.07) is 0. The Balaban J connectivity index is 2.84. The Morgan fingerprint density at radius 3 is 2.83 bits per heavy atom. The van der Waals surface area contributed by atoms with E-state index in [1.807, 2.05) is 19.1 Å². The van der Waals surface area contributed by atoms with E-state index in [9.17, 15) is 0 Å². The highest BCUT2D eigenvalue weighted by Crippen LogP contribution is 2.18. The molecule has 0 aromatic rings. The standard InChI is InChI=1S/C17H25N/c1-5-9-15(4)17(18-13-12-14(2)3)16-10-7-6-8-11-16/h5-7,9-10,14H,4,8,11-13H2,1-3H3. The van der Waals surface area contributed by atoms with Gasteiger partial charge in [0.25, 0.3) is 0 Å². The Morgan fingerprint density at radius 1 is 1.50 bits per heavy atom. The molecular weight excluding hydrogens is 218 g/mol. The first-order valence-electron chi connectivity index (χ1n) is 6.87. The molecule has 0 aliphatic heterocycles. The third-order valence-electron chi connectivity index (χ3n) is 2.97. The summed E-state index contributed by atoms with van der Waals surface area (Å²) in [4.78, 5) is 4.77. The van der Waals surface area contributed by atoms with Crippen molar-refractivity contribution in [2.24, 2.45) is 10.9 Å². The van der Waals surface area contributed by atoms with Crippen LogP contribution < -0.4 is 0 Å². The summed E-state index contributed by atoms with van der Waals surface area (Å²) in [5, 5.41) is 0. The number of hydrogen-bond donors (Lipinski definition) is 0. The Kier molecular flexibility index (Phi) is 6.42. The van der Waals surface area contributed by atoms with Crippen LogP contribution in [0, 0.1) is 5.92 Å². The molecule has 1 aliphatic rings. The number of rotatable bonds is 6. The summed E-state index contributed by atoms with van der Waals surface area (Å²) in [6.07, 6.45) is 13.9. The lowest BCUT2D eigenvalue weighted by Crippen LogP contribution is -2.08. The second kappa shape index (κ2) is 7.86. The van der Waals surface area contributed by atoms with E-state index >= 15 is 0 Å². The van der Waals surface area contributed by atoms with E-state index < -0.39 is 0 Å². The largest absolute Gasteiger partial charge is 0.284 e. The van der Waals surface area contributed by atoms with E-state index in [4.69, 9.17) is 4.99 Å². The molecule has 1 rings (SSSR count). The maximum absolute atomic E-state index is 4.77. The summed E-state index contributed by atoms with van der Waals surface area (Å²) in [5.41, 5.74) is 3.45. The lowest BCUT2D eigenvalue weighted by atomic mass is 9.95. The van der Waals surface area contributed by atoms with Gasteiger partial charge in [0.15, 0.2) is 0 Å². The molecule has 0 radical (unpaired) electrons. The Bertz CT molecular complexity index is 392. The van der Waals surface area contributed by atoms with Crippen molar-refractivity contribution >= 4 is 5.71 Å². The van der Waals surface area contributed by atoms with E-state index in [2.05, 4.69) is 38.7 Å².